The molecule has 21 heavy (non-hydrogen) atoms. The summed E-state index contributed by atoms with van der Waals surface area (Å²) in [5, 5.41) is 3.61. The molecule has 4 nitrogen and oxygen atoms in total. The maximum absolute atomic E-state index is 4.32. The van der Waals surface area contributed by atoms with Crippen LogP contribution in [0.4, 0.5) is 5.69 Å². The Labute approximate surface area is 128 Å². The third kappa shape index (κ3) is 3.74. The molecule has 1 aliphatic carbocycles. The van der Waals surface area contributed by atoms with Gasteiger partial charge in [0.15, 0.2) is 0 Å². The van der Waals surface area contributed by atoms with Crippen molar-refractivity contribution >= 4 is 5.69 Å². The van der Waals surface area contributed by atoms with Gasteiger partial charge in [-0.1, -0.05) is 6.92 Å². The van der Waals surface area contributed by atoms with Crippen molar-refractivity contribution in [1.82, 2.24) is 15.2 Å². The molecule has 0 amide bonds. The molecule has 1 aromatic rings. The van der Waals surface area contributed by atoms with Crippen molar-refractivity contribution in [2.75, 3.05) is 31.1 Å². The normalized spacial score (nSPS) is 21.5. The maximum Gasteiger partial charge on any atom is 0.0443 e. The molecule has 1 unspecified atom stereocenters. The van der Waals surface area contributed by atoms with Crippen LogP contribution in [0.15, 0.2) is 18.5 Å². The number of nitrogens with one attached hydrogen (secondary N) is 1. The topological polar surface area (TPSA) is 31.4 Å². The van der Waals surface area contributed by atoms with Crippen molar-refractivity contribution in [3.8, 4) is 0 Å². The van der Waals surface area contributed by atoms with E-state index < -0.39 is 0 Å². The largest absolute Gasteiger partial charge is 0.369 e. The van der Waals surface area contributed by atoms with E-state index in [0.29, 0.717) is 6.04 Å². The first kappa shape index (κ1) is 14.8. The van der Waals surface area contributed by atoms with E-state index in [2.05, 4.69) is 40.0 Å². The summed E-state index contributed by atoms with van der Waals surface area (Å²) < 4.78 is 0. The number of hydrogen-bond donors (Lipinski definition) is 1. The van der Waals surface area contributed by atoms with Crippen molar-refractivity contribution in [2.45, 2.75) is 51.7 Å². The Balaban J connectivity index is 1.61. The summed E-state index contributed by atoms with van der Waals surface area (Å²) in [6.45, 7) is 10.2. The van der Waals surface area contributed by atoms with Crippen LogP contribution in [0, 0.1) is 0 Å². The standard InChI is InChI=1S/C17H28N4/c1-3-14(2)20-8-10-21(11-9-20)17-6-7-18-12-15(17)13-19-16-4-5-16/h6-7,12,14,16,19H,3-5,8-11,13H2,1-2H3. The summed E-state index contributed by atoms with van der Waals surface area (Å²) in [5.41, 5.74) is 2.73. The molecule has 3 rings (SSSR count). The number of anilines is 1. The van der Waals surface area contributed by atoms with Gasteiger partial charge < -0.3 is 10.2 Å². The van der Waals surface area contributed by atoms with Crippen LogP contribution in [0.3, 0.4) is 0 Å². The third-order valence-electron chi connectivity index (χ3n) is 4.91. The summed E-state index contributed by atoms with van der Waals surface area (Å²) in [7, 11) is 0. The summed E-state index contributed by atoms with van der Waals surface area (Å²) >= 11 is 0. The fourth-order valence-corrected chi connectivity index (χ4v) is 3.07. The van der Waals surface area contributed by atoms with Gasteiger partial charge in [0, 0.05) is 68.5 Å². The SMILES string of the molecule is CCC(C)N1CCN(c2ccncc2CNC2CC2)CC1. The number of rotatable bonds is 6. The zero-order valence-electron chi connectivity index (χ0n) is 13.4. The van der Waals surface area contributed by atoms with E-state index in [0.717, 1.165) is 25.7 Å². The van der Waals surface area contributed by atoms with Crippen molar-refractivity contribution in [3.05, 3.63) is 24.0 Å². The highest BCUT2D eigenvalue weighted by Crippen LogP contribution is 2.24. The molecule has 0 spiro atoms. The molecule has 2 aliphatic rings. The van der Waals surface area contributed by atoms with E-state index in [-0.39, 0.29) is 0 Å². The van der Waals surface area contributed by atoms with E-state index in [1.807, 2.05) is 12.4 Å². The minimum atomic E-state index is 0.709. The molecule has 2 heterocycles. The molecule has 1 N–H and O–H groups in total. The maximum atomic E-state index is 4.32. The lowest BCUT2D eigenvalue weighted by atomic mass is 10.1. The minimum absolute atomic E-state index is 0.709. The molecule has 0 radical (unpaired) electrons. The number of piperazine rings is 1. The van der Waals surface area contributed by atoms with Crippen LogP contribution < -0.4 is 10.2 Å². The molecule has 1 saturated heterocycles. The monoisotopic (exact) mass is 288 g/mol. The number of hydrogen-bond acceptors (Lipinski definition) is 4. The van der Waals surface area contributed by atoms with E-state index in [1.165, 1.54) is 43.6 Å². The van der Waals surface area contributed by atoms with E-state index in [4.69, 9.17) is 0 Å². The van der Waals surface area contributed by atoms with E-state index >= 15 is 0 Å². The van der Waals surface area contributed by atoms with Gasteiger partial charge in [-0.25, -0.2) is 0 Å². The smallest absolute Gasteiger partial charge is 0.0443 e. The van der Waals surface area contributed by atoms with Crippen molar-refractivity contribution in [2.24, 2.45) is 0 Å². The Morgan fingerprint density at radius 1 is 1.29 bits per heavy atom. The van der Waals surface area contributed by atoms with Gasteiger partial charge in [-0.05, 0) is 32.3 Å². The van der Waals surface area contributed by atoms with Crippen LogP contribution in [0.2, 0.25) is 0 Å². The fourth-order valence-electron chi connectivity index (χ4n) is 3.07. The molecule has 116 valence electrons. The summed E-state index contributed by atoms with van der Waals surface area (Å²) in [6.07, 6.45) is 7.88. The molecule has 2 fully saturated rings. The zero-order chi connectivity index (χ0) is 14.7. The van der Waals surface area contributed by atoms with E-state index in [1.54, 1.807) is 0 Å². The van der Waals surface area contributed by atoms with Crippen LogP contribution in [0.1, 0.15) is 38.7 Å². The van der Waals surface area contributed by atoms with Crippen LogP contribution in [-0.2, 0) is 6.54 Å². The van der Waals surface area contributed by atoms with Gasteiger partial charge in [-0.2, -0.15) is 0 Å². The molecular formula is C17H28N4. The lowest BCUT2D eigenvalue weighted by Crippen LogP contribution is -2.49. The van der Waals surface area contributed by atoms with Gasteiger partial charge in [-0.3, -0.25) is 9.88 Å². The third-order valence-corrected chi connectivity index (χ3v) is 4.91. The predicted octanol–water partition coefficient (Wildman–Crippen LogP) is 2.25. The summed E-state index contributed by atoms with van der Waals surface area (Å²) in [4.78, 5) is 9.46. The molecule has 0 aromatic carbocycles. The quantitative estimate of drug-likeness (QED) is 0.870. The van der Waals surface area contributed by atoms with Gasteiger partial charge in [0.05, 0.1) is 0 Å². The molecular weight excluding hydrogens is 260 g/mol. The second-order valence-electron chi connectivity index (χ2n) is 6.44. The lowest BCUT2D eigenvalue weighted by Gasteiger charge is -2.39. The number of pyridine rings is 1. The van der Waals surface area contributed by atoms with Crippen LogP contribution in [0.5, 0.6) is 0 Å². The Morgan fingerprint density at radius 3 is 2.71 bits per heavy atom. The lowest BCUT2D eigenvalue weighted by molar-refractivity contribution is 0.192. The van der Waals surface area contributed by atoms with Crippen LogP contribution in [-0.4, -0.2) is 48.1 Å². The molecule has 1 saturated carbocycles. The first-order chi connectivity index (χ1) is 10.3. The molecule has 1 aliphatic heterocycles. The average molecular weight is 288 g/mol. The van der Waals surface area contributed by atoms with Crippen molar-refractivity contribution < 1.29 is 0 Å². The second-order valence-corrected chi connectivity index (χ2v) is 6.44. The van der Waals surface area contributed by atoms with Gasteiger partial charge >= 0.3 is 0 Å². The Morgan fingerprint density at radius 2 is 2.05 bits per heavy atom. The molecule has 1 aromatic heterocycles. The molecule has 0 bridgehead atoms. The van der Waals surface area contributed by atoms with Crippen LogP contribution >= 0.6 is 0 Å². The zero-order valence-corrected chi connectivity index (χ0v) is 13.4. The highest BCUT2D eigenvalue weighted by molar-refractivity contribution is 5.52. The highest BCUT2D eigenvalue weighted by Gasteiger charge is 2.23. The van der Waals surface area contributed by atoms with Crippen molar-refractivity contribution in [1.29, 1.82) is 0 Å². The first-order valence-corrected chi connectivity index (χ1v) is 8.43. The predicted molar refractivity (Wildman–Crippen MR) is 87.6 cm³/mol. The Hall–Kier alpha value is -1.13. The first-order valence-electron chi connectivity index (χ1n) is 8.43. The summed E-state index contributed by atoms with van der Waals surface area (Å²) in [5.74, 6) is 0. The minimum Gasteiger partial charge on any atom is -0.369 e. The van der Waals surface area contributed by atoms with Gasteiger partial charge in [0.1, 0.15) is 0 Å². The average Bonchev–Trinajstić information content (AvgIpc) is 3.37. The Kier molecular flexibility index (Phi) is 4.76. The van der Waals surface area contributed by atoms with Crippen molar-refractivity contribution in [3.63, 3.8) is 0 Å². The van der Waals surface area contributed by atoms with E-state index in [9.17, 15) is 0 Å². The number of aromatic nitrogens is 1. The highest BCUT2D eigenvalue weighted by atomic mass is 15.3. The fraction of sp³-hybridized carbons (Fsp3) is 0.706. The second kappa shape index (κ2) is 6.75. The van der Waals surface area contributed by atoms with Crippen LogP contribution in [0.25, 0.3) is 0 Å². The van der Waals surface area contributed by atoms with Gasteiger partial charge in [0.2, 0.25) is 0 Å². The molecule has 1 atom stereocenters. The Bertz CT molecular complexity index is 450. The van der Waals surface area contributed by atoms with Gasteiger partial charge in [0.25, 0.3) is 0 Å². The van der Waals surface area contributed by atoms with Gasteiger partial charge in [-0.15, -0.1) is 0 Å². The molecule has 4 heteroatoms. The number of nitrogens with zero attached hydrogens (tertiary/aromatic N) is 3. The summed E-state index contributed by atoms with van der Waals surface area (Å²) in [6, 6.07) is 3.64.